The van der Waals surface area contributed by atoms with Gasteiger partial charge in [0.15, 0.2) is 10.8 Å². The highest BCUT2D eigenvalue weighted by Gasteiger charge is 2.35. The molecule has 10 heteroatoms. The first kappa shape index (κ1) is 22.6. The first-order valence-electron chi connectivity index (χ1n) is 9.61. The van der Waals surface area contributed by atoms with Crippen molar-refractivity contribution in [3.05, 3.63) is 46.6 Å². The van der Waals surface area contributed by atoms with Crippen LogP contribution in [-0.2, 0) is 12.7 Å². The number of halogens is 4. The van der Waals surface area contributed by atoms with Gasteiger partial charge in [-0.25, -0.2) is 4.98 Å². The molecule has 2 aromatic rings. The van der Waals surface area contributed by atoms with Crippen LogP contribution in [0.15, 0.2) is 30.3 Å². The molecule has 0 amide bonds. The largest absolute Gasteiger partial charge is 0.433 e. The Balaban J connectivity index is 1.77. The zero-order valence-corrected chi connectivity index (χ0v) is 18.2. The van der Waals surface area contributed by atoms with E-state index in [0.717, 1.165) is 18.1 Å². The van der Waals surface area contributed by atoms with Crippen LogP contribution in [0.1, 0.15) is 31.5 Å². The zero-order chi connectivity index (χ0) is 21.9. The molecule has 1 aromatic heterocycles. The van der Waals surface area contributed by atoms with Crippen molar-refractivity contribution in [3.8, 4) is 0 Å². The van der Waals surface area contributed by atoms with Gasteiger partial charge in [0.05, 0.1) is 0 Å². The molecule has 3 rings (SSSR count). The number of benzene rings is 1. The molecular formula is C20H23ClF3N5S. The van der Waals surface area contributed by atoms with Crippen molar-refractivity contribution in [2.45, 2.75) is 33.0 Å². The normalized spacial score (nSPS) is 19.5. The molecule has 2 unspecified atom stereocenters. The van der Waals surface area contributed by atoms with Gasteiger partial charge >= 0.3 is 6.18 Å². The molecule has 0 saturated carbocycles. The summed E-state index contributed by atoms with van der Waals surface area (Å²) in [5.74, 6) is 0.787. The summed E-state index contributed by atoms with van der Waals surface area (Å²) in [5.41, 5.74) is -0.194. The summed E-state index contributed by atoms with van der Waals surface area (Å²) in [7, 11) is 0. The first-order valence-corrected chi connectivity index (χ1v) is 10.4. The van der Waals surface area contributed by atoms with Crippen LogP contribution in [0.4, 0.5) is 24.9 Å². The summed E-state index contributed by atoms with van der Waals surface area (Å²) < 4.78 is 40.3. The molecule has 1 aromatic carbocycles. The lowest BCUT2D eigenvalue weighted by Gasteiger charge is -2.36. The van der Waals surface area contributed by atoms with Crippen molar-refractivity contribution in [2.24, 2.45) is 11.8 Å². The molecule has 0 bridgehead atoms. The number of alkyl halides is 3. The van der Waals surface area contributed by atoms with Crippen LogP contribution in [0.25, 0.3) is 0 Å². The van der Waals surface area contributed by atoms with Crippen molar-refractivity contribution < 1.29 is 13.2 Å². The molecule has 0 spiro atoms. The summed E-state index contributed by atoms with van der Waals surface area (Å²) in [6, 6.07) is 8.22. The standard InChI is InChI=1S/C20H23ClF3N5S/c1-12-7-13(2)11-29(10-12)17-8-16(20(22,23)24)26-18(27-17)28-19(30)25-9-14-5-3-4-6-15(14)21/h3-6,8,12-13H,7,9-11H2,1-2H3,(H2,25,26,27,28,30). The SMILES string of the molecule is CC1CC(C)CN(c2cc(C(F)(F)F)nc(NC(=S)NCc3ccccc3Cl)n2)C1. The lowest BCUT2D eigenvalue weighted by atomic mass is 9.92. The summed E-state index contributed by atoms with van der Waals surface area (Å²) in [6.45, 7) is 5.78. The second-order valence-corrected chi connectivity index (χ2v) is 8.50. The Hall–Kier alpha value is -2.13. The fourth-order valence-electron chi connectivity index (χ4n) is 3.61. The molecule has 1 aliphatic rings. The lowest BCUT2D eigenvalue weighted by molar-refractivity contribution is -0.141. The fourth-order valence-corrected chi connectivity index (χ4v) is 3.98. The average molecular weight is 458 g/mol. The quantitative estimate of drug-likeness (QED) is 0.622. The van der Waals surface area contributed by atoms with Crippen LogP contribution >= 0.6 is 23.8 Å². The second kappa shape index (κ2) is 9.34. The number of hydrogen-bond acceptors (Lipinski definition) is 4. The van der Waals surface area contributed by atoms with Crippen LogP contribution < -0.4 is 15.5 Å². The third kappa shape index (κ3) is 5.95. The highest BCUT2D eigenvalue weighted by molar-refractivity contribution is 7.80. The molecule has 162 valence electrons. The maximum Gasteiger partial charge on any atom is 0.433 e. The monoisotopic (exact) mass is 457 g/mol. The predicted molar refractivity (Wildman–Crippen MR) is 117 cm³/mol. The van der Waals surface area contributed by atoms with E-state index in [2.05, 4.69) is 34.4 Å². The number of thiocarbonyl (C=S) groups is 1. The van der Waals surface area contributed by atoms with Crippen molar-refractivity contribution in [3.63, 3.8) is 0 Å². The fraction of sp³-hybridized carbons (Fsp3) is 0.450. The van der Waals surface area contributed by atoms with E-state index >= 15 is 0 Å². The Morgan fingerprint density at radius 3 is 2.50 bits per heavy atom. The van der Waals surface area contributed by atoms with Crippen molar-refractivity contribution >= 4 is 40.7 Å². The van der Waals surface area contributed by atoms with E-state index in [1.165, 1.54) is 0 Å². The molecule has 1 aliphatic heterocycles. The summed E-state index contributed by atoms with van der Waals surface area (Å²) in [6.07, 6.45) is -3.55. The van der Waals surface area contributed by atoms with Gasteiger partial charge < -0.3 is 15.5 Å². The van der Waals surface area contributed by atoms with Gasteiger partial charge in [0.2, 0.25) is 5.95 Å². The first-order chi connectivity index (χ1) is 14.1. The highest BCUT2D eigenvalue weighted by Crippen LogP contribution is 2.32. The van der Waals surface area contributed by atoms with E-state index in [-0.39, 0.29) is 16.9 Å². The van der Waals surface area contributed by atoms with Gasteiger partial charge in [-0.1, -0.05) is 43.6 Å². The number of hydrogen-bond donors (Lipinski definition) is 2. The minimum atomic E-state index is -4.59. The average Bonchev–Trinajstić information content (AvgIpc) is 2.65. The molecule has 2 atom stereocenters. The van der Waals surface area contributed by atoms with Crippen LogP contribution in [-0.4, -0.2) is 28.2 Å². The van der Waals surface area contributed by atoms with Crippen molar-refractivity contribution in [1.82, 2.24) is 15.3 Å². The Morgan fingerprint density at radius 2 is 1.87 bits per heavy atom. The maximum atomic E-state index is 13.4. The Bertz CT molecular complexity index is 898. The van der Waals surface area contributed by atoms with Gasteiger partial charge in [-0.15, -0.1) is 0 Å². The molecule has 30 heavy (non-hydrogen) atoms. The van der Waals surface area contributed by atoms with Crippen molar-refractivity contribution in [2.75, 3.05) is 23.3 Å². The van der Waals surface area contributed by atoms with Crippen LogP contribution in [0.5, 0.6) is 0 Å². The third-order valence-corrected chi connectivity index (χ3v) is 5.43. The number of aromatic nitrogens is 2. The highest BCUT2D eigenvalue weighted by atomic mass is 35.5. The number of anilines is 2. The van der Waals surface area contributed by atoms with Gasteiger partial charge in [-0.05, 0) is 42.1 Å². The Morgan fingerprint density at radius 1 is 1.20 bits per heavy atom. The minimum Gasteiger partial charge on any atom is -0.358 e. The Labute approximate surface area is 184 Å². The summed E-state index contributed by atoms with van der Waals surface area (Å²) in [4.78, 5) is 9.80. The van der Waals surface area contributed by atoms with Crippen LogP contribution in [0, 0.1) is 11.8 Å². The summed E-state index contributed by atoms with van der Waals surface area (Å²) in [5, 5.41) is 6.27. The van der Waals surface area contributed by atoms with Gasteiger partial charge in [0, 0.05) is 30.7 Å². The molecule has 2 heterocycles. The number of nitrogens with zero attached hydrogens (tertiary/aromatic N) is 3. The molecular weight excluding hydrogens is 435 g/mol. The minimum absolute atomic E-state index is 0.112. The van der Waals surface area contributed by atoms with E-state index < -0.39 is 11.9 Å². The van der Waals surface area contributed by atoms with Gasteiger partial charge in [-0.2, -0.15) is 18.2 Å². The smallest absolute Gasteiger partial charge is 0.358 e. The van der Waals surface area contributed by atoms with Gasteiger partial charge in [0.25, 0.3) is 0 Å². The van der Waals surface area contributed by atoms with Gasteiger partial charge in [-0.3, -0.25) is 0 Å². The van der Waals surface area contributed by atoms with E-state index in [1.807, 2.05) is 23.1 Å². The topological polar surface area (TPSA) is 53.1 Å². The van der Waals surface area contributed by atoms with Gasteiger partial charge in [0.1, 0.15) is 5.82 Å². The van der Waals surface area contributed by atoms with Crippen LogP contribution in [0.3, 0.4) is 0 Å². The lowest BCUT2D eigenvalue weighted by Crippen LogP contribution is -2.39. The number of nitrogens with one attached hydrogen (secondary N) is 2. The molecule has 1 fully saturated rings. The number of rotatable bonds is 4. The predicted octanol–water partition coefficient (Wildman–Crippen LogP) is 5.12. The molecule has 1 saturated heterocycles. The zero-order valence-electron chi connectivity index (χ0n) is 16.6. The summed E-state index contributed by atoms with van der Waals surface area (Å²) >= 11 is 11.3. The second-order valence-electron chi connectivity index (χ2n) is 7.68. The molecule has 0 radical (unpaired) electrons. The molecule has 2 N–H and O–H groups in total. The molecule has 0 aliphatic carbocycles. The van der Waals surface area contributed by atoms with E-state index in [4.69, 9.17) is 23.8 Å². The maximum absolute atomic E-state index is 13.4. The Kier molecular flexibility index (Phi) is 7.02. The van der Waals surface area contributed by atoms with Crippen LogP contribution in [0.2, 0.25) is 5.02 Å². The third-order valence-electron chi connectivity index (χ3n) is 4.82. The van der Waals surface area contributed by atoms with Crippen molar-refractivity contribution in [1.29, 1.82) is 0 Å². The number of piperidine rings is 1. The van der Waals surface area contributed by atoms with E-state index in [0.29, 0.717) is 36.5 Å². The molecule has 5 nitrogen and oxygen atoms in total. The van der Waals surface area contributed by atoms with E-state index in [1.54, 1.807) is 6.07 Å². The van der Waals surface area contributed by atoms with E-state index in [9.17, 15) is 13.2 Å².